The average molecular weight is 311 g/mol. The van der Waals surface area contributed by atoms with Gasteiger partial charge in [0.15, 0.2) is 5.78 Å². The second-order valence-corrected chi connectivity index (χ2v) is 5.81. The molecule has 0 saturated heterocycles. The second kappa shape index (κ2) is 6.00. The Labute approximate surface area is 128 Å². The Morgan fingerprint density at radius 3 is 2.65 bits per heavy atom. The Balaban J connectivity index is 2.34. The molecule has 0 bridgehead atoms. The van der Waals surface area contributed by atoms with Crippen LogP contribution in [0.4, 0.5) is 0 Å². The monoisotopic (exact) mass is 310 g/mol. The number of hydrogen-bond acceptors (Lipinski definition) is 2. The van der Waals surface area contributed by atoms with Crippen molar-refractivity contribution < 1.29 is 4.79 Å². The van der Waals surface area contributed by atoms with Crippen molar-refractivity contribution >= 4 is 29.0 Å². The number of carbonyl (C=O) groups excluding carboxylic acids is 1. The van der Waals surface area contributed by atoms with E-state index in [9.17, 15) is 4.79 Å². The summed E-state index contributed by atoms with van der Waals surface area (Å²) >= 11 is 11.9. The number of carbonyl (C=O) groups is 1. The lowest BCUT2D eigenvalue weighted by Crippen LogP contribution is -2.19. The van der Waals surface area contributed by atoms with E-state index in [1.54, 1.807) is 24.4 Å². The number of rotatable bonds is 4. The molecule has 20 heavy (non-hydrogen) atoms. The molecule has 1 atom stereocenters. The van der Waals surface area contributed by atoms with Gasteiger partial charge in [0.05, 0.1) is 5.02 Å². The van der Waals surface area contributed by atoms with E-state index in [2.05, 4.69) is 0 Å². The highest BCUT2D eigenvalue weighted by Crippen LogP contribution is 2.24. The summed E-state index contributed by atoms with van der Waals surface area (Å²) in [5, 5.41) is 0.873. The molecule has 2 rings (SSSR count). The maximum absolute atomic E-state index is 12.5. The molecule has 1 aromatic carbocycles. The van der Waals surface area contributed by atoms with Gasteiger partial charge in [0.25, 0.3) is 0 Å². The third-order valence-electron chi connectivity index (χ3n) is 3.08. The molecule has 0 radical (unpaired) electrons. The van der Waals surface area contributed by atoms with Crippen LogP contribution in [0.15, 0.2) is 30.5 Å². The van der Waals surface area contributed by atoms with Crippen molar-refractivity contribution in [2.75, 3.05) is 0 Å². The summed E-state index contributed by atoms with van der Waals surface area (Å²) in [7, 11) is 1.90. The first-order chi connectivity index (χ1) is 9.38. The number of benzene rings is 1. The molecule has 2 aromatic rings. The van der Waals surface area contributed by atoms with Crippen molar-refractivity contribution in [3.8, 4) is 0 Å². The Hall–Kier alpha value is -1.29. The molecular weight excluding hydrogens is 295 g/mol. The molecule has 1 unspecified atom stereocenters. The Morgan fingerprint density at radius 1 is 1.35 bits per heavy atom. The Bertz CT molecular complexity index is 647. The standard InChI is InChI=1S/C15H16Cl2N2O/c1-9(18)5-12-6-10(8-19(12)2)15(20)13-4-3-11(16)7-14(13)17/h3-4,6-9H,5,18H2,1-2H3. The Kier molecular flexibility index (Phi) is 4.53. The van der Waals surface area contributed by atoms with Gasteiger partial charge in [0.1, 0.15) is 0 Å². The van der Waals surface area contributed by atoms with Gasteiger partial charge in [-0.15, -0.1) is 0 Å². The van der Waals surface area contributed by atoms with Gasteiger partial charge in [-0.3, -0.25) is 4.79 Å². The molecule has 1 aromatic heterocycles. The summed E-state index contributed by atoms with van der Waals surface area (Å²) in [6.45, 7) is 1.94. The van der Waals surface area contributed by atoms with Crippen molar-refractivity contribution in [2.24, 2.45) is 12.8 Å². The predicted molar refractivity (Wildman–Crippen MR) is 82.7 cm³/mol. The van der Waals surface area contributed by atoms with Crippen LogP contribution in [-0.2, 0) is 13.5 Å². The maximum Gasteiger partial charge on any atom is 0.196 e. The number of halogens is 2. The lowest BCUT2D eigenvalue weighted by atomic mass is 10.1. The minimum absolute atomic E-state index is 0.0469. The van der Waals surface area contributed by atoms with Gasteiger partial charge in [-0.2, -0.15) is 0 Å². The molecule has 0 saturated carbocycles. The van der Waals surface area contributed by atoms with Crippen LogP contribution in [0, 0.1) is 0 Å². The van der Waals surface area contributed by atoms with E-state index >= 15 is 0 Å². The van der Waals surface area contributed by atoms with E-state index in [1.165, 1.54) is 0 Å². The van der Waals surface area contributed by atoms with Crippen LogP contribution in [0.5, 0.6) is 0 Å². The highest BCUT2D eigenvalue weighted by atomic mass is 35.5. The van der Waals surface area contributed by atoms with Crippen molar-refractivity contribution in [3.05, 3.63) is 57.3 Å². The first kappa shape index (κ1) is 15.1. The SMILES string of the molecule is CC(N)Cc1cc(C(=O)c2ccc(Cl)cc2Cl)cn1C. The fourth-order valence-corrected chi connectivity index (χ4v) is 2.59. The molecule has 106 valence electrons. The molecule has 0 spiro atoms. The van der Waals surface area contributed by atoms with Gasteiger partial charge in [0.2, 0.25) is 0 Å². The van der Waals surface area contributed by atoms with E-state index < -0.39 is 0 Å². The summed E-state index contributed by atoms with van der Waals surface area (Å²) < 4.78 is 1.92. The molecule has 0 aliphatic rings. The molecule has 0 aliphatic carbocycles. The summed E-state index contributed by atoms with van der Waals surface area (Å²) in [5.74, 6) is -0.113. The number of aromatic nitrogens is 1. The van der Waals surface area contributed by atoms with Crippen molar-refractivity contribution in [1.29, 1.82) is 0 Å². The topological polar surface area (TPSA) is 48.0 Å². The first-order valence-corrected chi connectivity index (χ1v) is 7.04. The van der Waals surface area contributed by atoms with Crippen LogP contribution in [-0.4, -0.2) is 16.4 Å². The quantitative estimate of drug-likeness (QED) is 0.879. The lowest BCUT2D eigenvalue weighted by Gasteiger charge is -2.05. The van der Waals surface area contributed by atoms with Gasteiger partial charge >= 0.3 is 0 Å². The summed E-state index contributed by atoms with van der Waals surface area (Å²) in [4.78, 5) is 12.5. The van der Waals surface area contributed by atoms with Gasteiger partial charge in [-0.05, 0) is 31.2 Å². The van der Waals surface area contributed by atoms with Gasteiger partial charge in [0, 0.05) is 47.6 Å². The number of nitrogens with two attached hydrogens (primary N) is 1. The van der Waals surface area contributed by atoms with E-state index in [4.69, 9.17) is 28.9 Å². The normalized spacial score (nSPS) is 12.4. The molecule has 3 nitrogen and oxygen atoms in total. The first-order valence-electron chi connectivity index (χ1n) is 6.29. The van der Waals surface area contributed by atoms with E-state index in [-0.39, 0.29) is 11.8 Å². The third kappa shape index (κ3) is 3.23. The maximum atomic E-state index is 12.5. The van der Waals surface area contributed by atoms with E-state index in [1.807, 2.05) is 24.6 Å². The highest BCUT2D eigenvalue weighted by molar-refractivity contribution is 6.37. The van der Waals surface area contributed by atoms with Gasteiger partial charge in [-0.25, -0.2) is 0 Å². The number of ketones is 1. The number of nitrogens with zero attached hydrogens (tertiary/aromatic N) is 1. The van der Waals surface area contributed by atoms with Crippen LogP contribution in [0.25, 0.3) is 0 Å². The fraction of sp³-hybridized carbons (Fsp3) is 0.267. The third-order valence-corrected chi connectivity index (χ3v) is 3.62. The minimum Gasteiger partial charge on any atom is -0.354 e. The zero-order valence-corrected chi connectivity index (χ0v) is 12.9. The van der Waals surface area contributed by atoms with E-state index in [0.29, 0.717) is 21.2 Å². The van der Waals surface area contributed by atoms with Crippen LogP contribution < -0.4 is 5.73 Å². The van der Waals surface area contributed by atoms with Crippen molar-refractivity contribution in [1.82, 2.24) is 4.57 Å². The van der Waals surface area contributed by atoms with Crippen LogP contribution in [0.3, 0.4) is 0 Å². The second-order valence-electron chi connectivity index (χ2n) is 4.97. The summed E-state index contributed by atoms with van der Waals surface area (Å²) in [6.07, 6.45) is 2.52. The largest absolute Gasteiger partial charge is 0.354 e. The number of hydrogen-bond donors (Lipinski definition) is 1. The molecule has 1 heterocycles. The molecule has 2 N–H and O–H groups in total. The molecule has 0 amide bonds. The van der Waals surface area contributed by atoms with Crippen molar-refractivity contribution in [2.45, 2.75) is 19.4 Å². The van der Waals surface area contributed by atoms with Crippen LogP contribution >= 0.6 is 23.2 Å². The average Bonchev–Trinajstić information content (AvgIpc) is 2.69. The van der Waals surface area contributed by atoms with Crippen molar-refractivity contribution in [3.63, 3.8) is 0 Å². The smallest absolute Gasteiger partial charge is 0.196 e. The Morgan fingerprint density at radius 2 is 2.05 bits per heavy atom. The lowest BCUT2D eigenvalue weighted by molar-refractivity contribution is 0.103. The number of aryl methyl sites for hydroxylation is 1. The molecule has 0 fully saturated rings. The highest BCUT2D eigenvalue weighted by Gasteiger charge is 2.16. The van der Waals surface area contributed by atoms with Crippen LogP contribution in [0.1, 0.15) is 28.5 Å². The zero-order valence-electron chi connectivity index (χ0n) is 11.4. The molecule has 5 heteroatoms. The molecular formula is C15H16Cl2N2O. The van der Waals surface area contributed by atoms with E-state index in [0.717, 1.165) is 12.1 Å². The van der Waals surface area contributed by atoms with Gasteiger partial charge < -0.3 is 10.3 Å². The summed E-state index contributed by atoms with van der Waals surface area (Å²) in [5.41, 5.74) is 7.88. The molecule has 0 aliphatic heterocycles. The zero-order chi connectivity index (χ0) is 14.9. The fourth-order valence-electron chi connectivity index (χ4n) is 2.10. The minimum atomic E-state index is -0.113. The van der Waals surface area contributed by atoms with Crippen LogP contribution in [0.2, 0.25) is 10.0 Å². The summed E-state index contributed by atoms with van der Waals surface area (Å²) in [6, 6.07) is 6.78. The predicted octanol–water partition coefficient (Wildman–Crippen LogP) is 3.45. The van der Waals surface area contributed by atoms with Gasteiger partial charge in [-0.1, -0.05) is 23.2 Å².